The largest absolute Gasteiger partial charge is 0.379 e. The Morgan fingerprint density at radius 3 is 3.03 bits per heavy atom. The normalized spacial score (nSPS) is 22.3. The zero-order valence-electron chi connectivity index (χ0n) is 19.0. The smallest absolute Gasteiger partial charge is 0.223 e. The Morgan fingerprint density at radius 2 is 2.17 bits per heavy atom. The number of halogens is 2. The van der Waals surface area contributed by atoms with Crippen molar-refractivity contribution in [1.29, 1.82) is 0 Å². The fourth-order valence-electron chi connectivity index (χ4n) is 5.16. The van der Waals surface area contributed by atoms with E-state index in [1.165, 1.54) is 6.07 Å². The van der Waals surface area contributed by atoms with E-state index in [0.717, 1.165) is 31.1 Å². The SMILES string of the molecule is O=C(N[C@@H]1CCOC1)[C@@H]1CC[C@@H](Cc2ncc3c(Br)nn(-c4cc(F)c5ncccc5c4)c3n2)C1. The van der Waals surface area contributed by atoms with Crippen LogP contribution in [0.5, 0.6) is 0 Å². The molecule has 2 aliphatic rings. The monoisotopic (exact) mass is 538 g/mol. The molecule has 0 bridgehead atoms. The molecule has 1 saturated carbocycles. The highest BCUT2D eigenvalue weighted by molar-refractivity contribution is 9.10. The molecule has 1 aliphatic carbocycles. The number of amides is 1. The van der Waals surface area contributed by atoms with Crippen molar-refractivity contribution in [2.45, 2.75) is 38.1 Å². The van der Waals surface area contributed by atoms with E-state index in [0.29, 0.717) is 58.2 Å². The van der Waals surface area contributed by atoms with Gasteiger partial charge in [0.1, 0.15) is 15.9 Å². The van der Waals surface area contributed by atoms with E-state index in [2.05, 4.69) is 36.3 Å². The van der Waals surface area contributed by atoms with Crippen LogP contribution >= 0.6 is 15.9 Å². The van der Waals surface area contributed by atoms with Gasteiger partial charge in [-0.15, -0.1) is 0 Å². The number of nitrogens with zero attached hydrogens (tertiary/aromatic N) is 5. The Hall–Kier alpha value is -2.98. The maximum atomic E-state index is 14.7. The molecule has 1 aromatic carbocycles. The molecule has 1 N–H and O–H groups in total. The van der Waals surface area contributed by atoms with Crippen molar-refractivity contribution in [3.63, 3.8) is 0 Å². The zero-order chi connectivity index (χ0) is 23.9. The van der Waals surface area contributed by atoms with Crippen LogP contribution in [0.4, 0.5) is 4.39 Å². The van der Waals surface area contributed by atoms with Gasteiger partial charge >= 0.3 is 0 Å². The molecule has 6 rings (SSSR count). The Balaban J connectivity index is 1.23. The first-order valence-electron chi connectivity index (χ1n) is 11.9. The predicted molar refractivity (Wildman–Crippen MR) is 132 cm³/mol. The van der Waals surface area contributed by atoms with Crippen molar-refractivity contribution < 1.29 is 13.9 Å². The minimum Gasteiger partial charge on any atom is -0.379 e. The summed E-state index contributed by atoms with van der Waals surface area (Å²) in [5, 5.41) is 9.12. The third kappa shape index (κ3) is 4.40. The summed E-state index contributed by atoms with van der Waals surface area (Å²) in [6.07, 6.45) is 7.56. The molecular formula is C25H24BrFN6O2. The number of benzene rings is 1. The number of carbonyl (C=O) groups is 1. The van der Waals surface area contributed by atoms with Crippen molar-refractivity contribution in [2.75, 3.05) is 13.2 Å². The number of hydrogen-bond donors (Lipinski definition) is 1. The lowest BCUT2D eigenvalue weighted by atomic mass is 10.0. The van der Waals surface area contributed by atoms with Gasteiger partial charge < -0.3 is 10.1 Å². The van der Waals surface area contributed by atoms with Crippen LogP contribution in [0.3, 0.4) is 0 Å². The summed E-state index contributed by atoms with van der Waals surface area (Å²) in [4.78, 5) is 26.1. The lowest BCUT2D eigenvalue weighted by Crippen LogP contribution is -2.38. The third-order valence-corrected chi connectivity index (χ3v) is 7.56. The van der Waals surface area contributed by atoms with E-state index < -0.39 is 5.82 Å². The van der Waals surface area contributed by atoms with Crippen LogP contribution in [0, 0.1) is 17.7 Å². The van der Waals surface area contributed by atoms with Gasteiger partial charge in [0.15, 0.2) is 11.5 Å². The summed E-state index contributed by atoms with van der Waals surface area (Å²) in [6, 6.07) is 7.01. The first kappa shape index (κ1) is 22.5. The highest BCUT2D eigenvalue weighted by Gasteiger charge is 2.32. The molecule has 0 spiro atoms. The number of nitrogens with one attached hydrogen (secondary N) is 1. The second kappa shape index (κ2) is 9.23. The summed E-state index contributed by atoms with van der Waals surface area (Å²) in [5.74, 6) is 0.787. The molecule has 2 fully saturated rings. The van der Waals surface area contributed by atoms with Crippen LogP contribution < -0.4 is 5.32 Å². The van der Waals surface area contributed by atoms with Crippen LogP contribution in [0.1, 0.15) is 31.5 Å². The number of hydrogen-bond acceptors (Lipinski definition) is 6. The summed E-state index contributed by atoms with van der Waals surface area (Å²) >= 11 is 3.48. The molecule has 3 aromatic heterocycles. The van der Waals surface area contributed by atoms with E-state index in [1.54, 1.807) is 23.1 Å². The lowest BCUT2D eigenvalue weighted by molar-refractivity contribution is -0.125. The number of fused-ring (bicyclic) bond motifs is 2. The van der Waals surface area contributed by atoms with Gasteiger partial charge in [-0.3, -0.25) is 9.78 Å². The van der Waals surface area contributed by atoms with E-state index in [1.807, 2.05) is 12.1 Å². The van der Waals surface area contributed by atoms with Gasteiger partial charge in [-0.1, -0.05) is 6.07 Å². The van der Waals surface area contributed by atoms with E-state index >= 15 is 0 Å². The van der Waals surface area contributed by atoms with Crippen LogP contribution in [-0.4, -0.2) is 49.9 Å². The maximum Gasteiger partial charge on any atom is 0.223 e. The van der Waals surface area contributed by atoms with Crippen molar-refractivity contribution >= 4 is 43.8 Å². The zero-order valence-corrected chi connectivity index (χ0v) is 20.5. The molecule has 1 aliphatic heterocycles. The molecule has 1 saturated heterocycles. The number of ether oxygens (including phenoxy) is 1. The molecule has 0 radical (unpaired) electrons. The third-order valence-electron chi connectivity index (χ3n) is 6.98. The second-order valence-corrected chi connectivity index (χ2v) is 10.1. The summed E-state index contributed by atoms with van der Waals surface area (Å²) in [6.45, 7) is 1.32. The van der Waals surface area contributed by atoms with Gasteiger partial charge in [-0.2, -0.15) is 5.10 Å². The maximum absolute atomic E-state index is 14.7. The molecule has 35 heavy (non-hydrogen) atoms. The molecule has 180 valence electrons. The molecule has 4 aromatic rings. The first-order valence-corrected chi connectivity index (χ1v) is 12.7. The Kier molecular flexibility index (Phi) is 5.93. The van der Waals surface area contributed by atoms with Crippen LogP contribution in [-0.2, 0) is 16.0 Å². The van der Waals surface area contributed by atoms with Gasteiger partial charge in [0, 0.05) is 42.8 Å². The minimum absolute atomic E-state index is 0.0261. The van der Waals surface area contributed by atoms with Crippen molar-refractivity contribution in [1.82, 2.24) is 30.0 Å². The van der Waals surface area contributed by atoms with E-state index in [9.17, 15) is 9.18 Å². The van der Waals surface area contributed by atoms with Crippen LogP contribution in [0.15, 0.2) is 41.3 Å². The van der Waals surface area contributed by atoms with Gasteiger partial charge in [-0.25, -0.2) is 19.0 Å². The number of pyridine rings is 1. The molecule has 1 amide bonds. The Morgan fingerprint density at radius 1 is 1.26 bits per heavy atom. The topological polar surface area (TPSA) is 94.8 Å². The molecule has 10 heteroatoms. The quantitative estimate of drug-likeness (QED) is 0.410. The van der Waals surface area contributed by atoms with Crippen LogP contribution in [0.2, 0.25) is 0 Å². The molecular weight excluding hydrogens is 515 g/mol. The standard InChI is InChI=1S/C25H24BrFN6O2/c26-23-19-12-29-21(9-14-3-4-16(8-14)25(34)30-17-5-7-35-13-17)31-24(19)33(32-23)18-10-15-2-1-6-28-22(15)20(27)11-18/h1-2,6,10-12,14,16-17H,3-5,7-9,13H2,(H,30,34)/t14-,16-,17-/m1/s1. The minimum atomic E-state index is -0.411. The Labute approximate surface area is 209 Å². The average Bonchev–Trinajstić information content (AvgIpc) is 3.60. The van der Waals surface area contributed by atoms with E-state index in [4.69, 9.17) is 9.72 Å². The number of aromatic nitrogens is 5. The van der Waals surface area contributed by atoms with Gasteiger partial charge in [0.2, 0.25) is 5.91 Å². The summed E-state index contributed by atoms with van der Waals surface area (Å²) < 4.78 is 22.3. The molecule has 3 atom stereocenters. The van der Waals surface area contributed by atoms with Gasteiger partial charge in [0.05, 0.1) is 23.7 Å². The molecule has 8 nitrogen and oxygen atoms in total. The molecule has 0 unspecified atom stereocenters. The summed E-state index contributed by atoms with van der Waals surface area (Å²) in [7, 11) is 0. The van der Waals surface area contributed by atoms with Crippen molar-refractivity contribution in [2.24, 2.45) is 11.8 Å². The van der Waals surface area contributed by atoms with E-state index in [-0.39, 0.29) is 17.9 Å². The number of rotatable bonds is 5. The lowest BCUT2D eigenvalue weighted by Gasteiger charge is -2.15. The van der Waals surface area contributed by atoms with Crippen molar-refractivity contribution in [3.05, 3.63) is 52.9 Å². The first-order chi connectivity index (χ1) is 17.0. The van der Waals surface area contributed by atoms with Crippen molar-refractivity contribution in [3.8, 4) is 5.69 Å². The Bertz CT molecular complexity index is 1420. The fraction of sp³-hybridized carbons (Fsp3) is 0.400. The predicted octanol–water partition coefficient (Wildman–Crippen LogP) is 4.13. The number of carbonyl (C=O) groups excluding carboxylic acids is 1. The highest BCUT2D eigenvalue weighted by atomic mass is 79.9. The summed E-state index contributed by atoms with van der Waals surface area (Å²) in [5.41, 5.74) is 1.50. The fourth-order valence-corrected chi connectivity index (χ4v) is 5.60. The van der Waals surface area contributed by atoms with Crippen LogP contribution in [0.25, 0.3) is 27.6 Å². The molecule has 4 heterocycles. The van der Waals surface area contributed by atoms with Gasteiger partial charge in [0.25, 0.3) is 0 Å². The second-order valence-electron chi connectivity index (χ2n) is 9.38. The highest BCUT2D eigenvalue weighted by Crippen LogP contribution is 2.34. The van der Waals surface area contributed by atoms with Gasteiger partial charge in [-0.05, 0) is 59.7 Å². The average molecular weight is 539 g/mol.